The third-order valence-corrected chi connectivity index (χ3v) is 24.5. The van der Waals surface area contributed by atoms with Gasteiger partial charge in [0.15, 0.2) is 0 Å². The molecular formula is C106H164N2O9. The van der Waals surface area contributed by atoms with Crippen molar-refractivity contribution >= 4 is 17.9 Å². The number of hydrogen-bond acceptors (Lipinski definition) is 11. The number of carbonyl (C=O) groups is 3. The lowest BCUT2D eigenvalue weighted by Gasteiger charge is -2.29. The minimum Gasteiger partial charge on any atom is -0.497 e. The van der Waals surface area contributed by atoms with Gasteiger partial charge in [-0.15, -0.1) is 0 Å². The first-order valence-corrected chi connectivity index (χ1v) is 44.7. The van der Waals surface area contributed by atoms with E-state index in [-0.39, 0.29) is 74.2 Å². The van der Waals surface area contributed by atoms with Gasteiger partial charge in [0, 0.05) is 1.43 Å². The van der Waals surface area contributed by atoms with Crippen molar-refractivity contribution < 1.29 is 44.2 Å². The minimum absolute atomic E-state index is 0. The van der Waals surface area contributed by atoms with E-state index in [1.807, 2.05) is 91.9 Å². The second-order valence-electron chi connectivity index (χ2n) is 32.9. The third-order valence-electron chi connectivity index (χ3n) is 24.5. The largest absolute Gasteiger partial charge is 0.497 e. The van der Waals surface area contributed by atoms with Crippen molar-refractivity contribution in [2.24, 2.45) is 47.3 Å². The number of nitriles is 2. The average molecular weight is 1610 g/mol. The molecule has 117 heavy (non-hydrogen) atoms. The van der Waals surface area contributed by atoms with Crippen molar-refractivity contribution in [3.8, 4) is 57.8 Å². The molecule has 0 saturated heterocycles. The molecule has 11 nitrogen and oxygen atoms in total. The van der Waals surface area contributed by atoms with E-state index in [1.165, 1.54) is 234 Å². The molecule has 5 fully saturated rings. The van der Waals surface area contributed by atoms with Gasteiger partial charge in [0.05, 0.1) is 61.3 Å². The van der Waals surface area contributed by atoms with E-state index in [9.17, 15) is 14.4 Å². The van der Waals surface area contributed by atoms with Crippen LogP contribution >= 0.6 is 0 Å². The Kier molecular flexibility index (Phi) is 56.0. The van der Waals surface area contributed by atoms with Gasteiger partial charge in [-0.1, -0.05) is 249 Å². The number of unbranched alkanes of at least 4 members (excludes halogenated alkanes) is 9. The number of ether oxygens (including phenoxy) is 6. The van der Waals surface area contributed by atoms with Gasteiger partial charge in [-0.3, -0.25) is 14.4 Å². The number of nitrogens with zero attached hydrogens (tertiary/aromatic N) is 2. The standard InChI is InChI=1S/C24H29N.C21H32O3.2C19H28O3.C18H25N.5CH4.H2/c1-2-3-4-5-19-6-10-21(11-7-19)23-14-16-24(17-15-23)22-12-8-20(18-25)9-13-22;1-3-5-6-7-17-8-10-18(11-9-17)21(22)24-20-14-12-19(13-15-20)23-16-4-2;1-3-4-5-6-15-7-9-16(10-8-15)19(20)22-18-13-11-17(21-2)12-14-18;1-3-5-6-15-7-9-16(10-8-15)19(20)22-18-13-11-17(12-14-18)21-4-2;1-2-3-4-5-15-6-10-17(11-7-15)18-12-8-16(14-19)9-13-18;;;;;;/h8-9,12-17,19,21H,2-7,10-11H2,1H3;12-15,17-18H,3-11,16H2,1-2H3;2*11-16H,3-10H2,1-2H3;8-9,12-13,15,17H,2-7,10-11H2,1H3;5*1H4;1H. The van der Waals surface area contributed by atoms with Crippen LogP contribution in [0.2, 0.25) is 0 Å². The van der Waals surface area contributed by atoms with Gasteiger partial charge in [0.25, 0.3) is 0 Å². The maximum atomic E-state index is 12.3. The summed E-state index contributed by atoms with van der Waals surface area (Å²) in [6.45, 7) is 16.7. The second-order valence-corrected chi connectivity index (χ2v) is 32.9. The molecule has 0 atom stereocenters. The van der Waals surface area contributed by atoms with E-state index in [2.05, 4.69) is 90.1 Å². The Morgan fingerprint density at radius 1 is 0.308 bits per heavy atom. The Hall–Kier alpha value is -7.89. The highest BCUT2D eigenvalue weighted by molar-refractivity contribution is 5.76. The molecule has 5 saturated carbocycles. The summed E-state index contributed by atoms with van der Waals surface area (Å²) in [6, 6.07) is 51.4. The topological polar surface area (TPSA) is 154 Å². The number of rotatable bonds is 34. The van der Waals surface area contributed by atoms with Gasteiger partial charge in [-0.25, -0.2) is 0 Å². The highest BCUT2D eigenvalue weighted by Crippen LogP contribution is 2.42. The summed E-state index contributed by atoms with van der Waals surface area (Å²) in [5, 5.41) is 17.7. The van der Waals surface area contributed by atoms with Crippen LogP contribution in [0.5, 0.6) is 34.5 Å². The quantitative estimate of drug-likeness (QED) is 0.0215. The Morgan fingerprint density at radius 2 is 0.564 bits per heavy atom. The zero-order valence-corrected chi connectivity index (χ0v) is 70.4. The first-order chi connectivity index (χ1) is 54.8. The van der Waals surface area contributed by atoms with Crippen LogP contribution in [-0.4, -0.2) is 38.2 Å². The maximum absolute atomic E-state index is 12.3. The summed E-state index contributed by atoms with van der Waals surface area (Å²) in [6.07, 6.45) is 50.5. The smallest absolute Gasteiger partial charge is 0.314 e. The molecule has 0 unspecified atom stereocenters. The number of benzene rings is 6. The van der Waals surface area contributed by atoms with Gasteiger partial charge >= 0.3 is 17.9 Å². The molecule has 0 bridgehead atoms. The number of methoxy groups -OCH3 is 1. The van der Waals surface area contributed by atoms with Crippen molar-refractivity contribution in [1.29, 1.82) is 10.5 Å². The molecule has 11 heteroatoms. The van der Waals surface area contributed by atoms with Crippen molar-refractivity contribution in [2.45, 2.75) is 354 Å². The van der Waals surface area contributed by atoms with Gasteiger partial charge in [-0.05, 0) is 303 Å². The van der Waals surface area contributed by atoms with Crippen LogP contribution in [0.3, 0.4) is 0 Å². The van der Waals surface area contributed by atoms with Crippen LogP contribution in [-0.2, 0) is 14.4 Å². The van der Waals surface area contributed by atoms with Crippen LogP contribution in [0, 0.1) is 70.0 Å². The first-order valence-electron chi connectivity index (χ1n) is 44.7. The van der Waals surface area contributed by atoms with Crippen LogP contribution < -0.4 is 28.4 Å². The normalized spacial score (nSPS) is 20.3. The summed E-state index contributed by atoms with van der Waals surface area (Å²) in [5.41, 5.74) is 6.86. The molecule has 652 valence electrons. The van der Waals surface area contributed by atoms with Gasteiger partial charge < -0.3 is 28.4 Å². The zero-order chi connectivity index (χ0) is 79.8. The molecule has 6 aromatic carbocycles. The molecule has 0 amide bonds. The fraction of sp³-hybridized carbons (Fsp3) is 0.613. The van der Waals surface area contributed by atoms with E-state index in [0.717, 1.165) is 115 Å². The third kappa shape index (κ3) is 39.7. The molecule has 0 heterocycles. The van der Waals surface area contributed by atoms with E-state index < -0.39 is 0 Å². The predicted octanol–water partition coefficient (Wildman–Crippen LogP) is 31.7. The van der Waals surface area contributed by atoms with Gasteiger partial charge in [0.1, 0.15) is 34.5 Å². The molecule has 11 rings (SSSR count). The molecule has 0 aliphatic heterocycles. The van der Waals surface area contributed by atoms with E-state index >= 15 is 0 Å². The number of esters is 3. The Balaban J connectivity index is 0.000000730. The van der Waals surface area contributed by atoms with Gasteiger partial charge in [0.2, 0.25) is 0 Å². The molecule has 0 spiro atoms. The van der Waals surface area contributed by atoms with Gasteiger partial charge in [-0.2, -0.15) is 10.5 Å². The minimum atomic E-state index is -0.0721. The number of hydrogen-bond donors (Lipinski definition) is 0. The van der Waals surface area contributed by atoms with Crippen LogP contribution in [0.1, 0.15) is 378 Å². The number of carbonyl (C=O) groups excluding carboxylic acids is 3. The highest BCUT2D eigenvalue weighted by atomic mass is 16.5. The van der Waals surface area contributed by atoms with Crippen molar-refractivity contribution in [3.05, 3.63) is 168 Å². The van der Waals surface area contributed by atoms with E-state index in [0.29, 0.717) is 30.5 Å². The Bertz CT molecular complexity index is 3560. The molecule has 0 radical (unpaired) electrons. The van der Waals surface area contributed by atoms with Crippen molar-refractivity contribution in [2.75, 3.05) is 20.3 Å². The molecule has 5 aliphatic carbocycles. The van der Waals surface area contributed by atoms with E-state index in [4.69, 9.17) is 38.9 Å². The fourth-order valence-electron chi connectivity index (χ4n) is 17.2. The maximum Gasteiger partial charge on any atom is 0.314 e. The molecule has 5 aliphatic rings. The zero-order valence-electron chi connectivity index (χ0n) is 70.4. The molecular weight excluding hydrogens is 1450 g/mol. The summed E-state index contributed by atoms with van der Waals surface area (Å²) in [5.74, 6) is 10.1. The SMILES string of the molecule is C.C.C.C.C.CCCCC1CCC(C(=O)Oc2ccc(OCC)cc2)CC1.CCCCCC1CCC(C(=O)Oc2ccc(OC)cc2)CC1.CCCCCC1CCC(C(=O)Oc2ccc(OCCC)cc2)CC1.CCCCCC1CCC(c2ccc(-c3ccc(C#N)cc3)cc2)CC1.CCCCCC1CCC(c2ccc(C#N)cc2)CC1.[HH]. The van der Waals surface area contributed by atoms with Crippen LogP contribution in [0.25, 0.3) is 11.1 Å². The first kappa shape index (κ1) is 105. The highest BCUT2D eigenvalue weighted by Gasteiger charge is 2.31. The summed E-state index contributed by atoms with van der Waals surface area (Å²) < 4.78 is 32.6. The summed E-state index contributed by atoms with van der Waals surface area (Å²) in [7, 11) is 1.62. The second kappa shape index (κ2) is 62.3. The lowest BCUT2D eigenvalue weighted by Crippen LogP contribution is -2.25. The molecule has 6 aromatic rings. The predicted molar refractivity (Wildman–Crippen MR) is 495 cm³/mol. The lowest BCUT2D eigenvalue weighted by molar-refractivity contribution is -0.141. The summed E-state index contributed by atoms with van der Waals surface area (Å²) >= 11 is 0. The molecule has 0 N–H and O–H groups in total. The average Bonchev–Trinajstić information content (AvgIpc) is 0.846. The molecule has 0 aromatic heterocycles. The van der Waals surface area contributed by atoms with Crippen LogP contribution in [0.15, 0.2) is 146 Å². The van der Waals surface area contributed by atoms with Crippen LogP contribution in [0.4, 0.5) is 0 Å². The summed E-state index contributed by atoms with van der Waals surface area (Å²) in [4.78, 5) is 36.8. The lowest BCUT2D eigenvalue weighted by atomic mass is 9.77. The van der Waals surface area contributed by atoms with Crippen molar-refractivity contribution in [1.82, 2.24) is 0 Å². The monoisotopic (exact) mass is 1610 g/mol. The van der Waals surface area contributed by atoms with E-state index in [1.54, 1.807) is 31.4 Å². The van der Waals surface area contributed by atoms with Crippen molar-refractivity contribution in [3.63, 3.8) is 0 Å². The fourth-order valence-corrected chi connectivity index (χ4v) is 17.2. The Morgan fingerprint density at radius 3 is 0.846 bits per heavy atom. The Labute approximate surface area is 716 Å².